The molecule has 1 aliphatic rings. The lowest BCUT2D eigenvalue weighted by atomic mass is 10.2. The molecule has 0 spiro atoms. The first-order valence-electron chi connectivity index (χ1n) is 13.1. The Morgan fingerprint density at radius 1 is 1.15 bits per heavy atom. The summed E-state index contributed by atoms with van der Waals surface area (Å²) in [5.41, 5.74) is 3.65. The van der Waals surface area contributed by atoms with Crippen molar-refractivity contribution in [3.05, 3.63) is 100 Å². The average Bonchev–Trinajstić information content (AvgIpc) is 3.68. The summed E-state index contributed by atoms with van der Waals surface area (Å²) in [7, 11) is 2.08. The Morgan fingerprint density at radius 3 is 2.90 bits per heavy atom. The van der Waals surface area contributed by atoms with Crippen LogP contribution in [0.2, 0.25) is 5.02 Å². The smallest absolute Gasteiger partial charge is 0.151 e. The van der Waals surface area contributed by atoms with Crippen molar-refractivity contribution in [2.75, 3.05) is 11.9 Å². The van der Waals surface area contributed by atoms with Gasteiger partial charge in [0.15, 0.2) is 5.82 Å². The van der Waals surface area contributed by atoms with Gasteiger partial charge >= 0.3 is 0 Å². The Morgan fingerprint density at radius 2 is 2.08 bits per heavy atom. The summed E-state index contributed by atoms with van der Waals surface area (Å²) in [6.45, 7) is 2.19. The van der Waals surface area contributed by atoms with Crippen LogP contribution in [0.25, 0.3) is 10.2 Å². The number of nitrogens with zero attached hydrogens (tertiary/aromatic N) is 4. The molecule has 1 fully saturated rings. The number of likely N-dealkylation sites (tertiary alicyclic amines) is 1. The third-order valence-electron chi connectivity index (χ3n) is 6.93. The highest BCUT2D eigenvalue weighted by atomic mass is 35.5. The number of benzene rings is 2. The summed E-state index contributed by atoms with van der Waals surface area (Å²) in [6, 6.07) is 18.3. The summed E-state index contributed by atoms with van der Waals surface area (Å²) in [5, 5.41) is 3.80. The summed E-state index contributed by atoms with van der Waals surface area (Å²) in [5.74, 6) is 7.82. The second-order valence-electron chi connectivity index (χ2n) is 9.74. The Labute approximate surface area is 241 Å². The maximum absolute atomic E-state index is 13.4. The molecule has 3 aromatic heterocycles. The van der Waals surface area contributed by atoms with Crippen LogP contribution in [0.4, 0.5) is 15.9 Å². The zero-order valence-electron chi connectivity index (χ0n) is 21.9. The first-order chi connectivity index (χ1) is 19.5. The summed E-state index contributed by atoms with van der Waals surface area (Å²) >= 11 is 8.07. The largest absolute Gasteiger partial charge is 0.487 e. The highest BCUT2D eigenvalue weighted by Crippen LogP contribution is 2.33. The van der Waals surface area contributed by atoms with Crippen LogP contribution in [0.5, 0.6) is 5.75 Å². The molecule has 202 valence electrons. The molecular formula is C31H27ClFN5OS. The van der Waals surface area contributed by atoms with Gasteiger partial charge in [-0.2, -0.15) is 0 Å². The monoisotopic (exact) mass is 571 g/mol. The minimum absolute atomic E-state index is 0.223. The van der Waals surface area contributed by atoms with Crippen molar-refractivity contribution in [3.8, 4) is 17.6 Å². The van der Waals surface area contributed by atoms with E-state index in [-0.39, 0.29) is 18.5 Å². The van der Waals surface area contributed by atoms with Gasteiger partial charge in [-0.05, 0) is 73.5 Å². The molecule has 6 nitrogen and oxygen atoms in total. The van der Waals surface area contributed by atoms with Crippen molar-refractivity contribution in [2.45, 2.75) is 32.0 Å². The number of anilines is 2. The molecule has 0 saturated carbocycles. The van der Waals surface area contributed by atoms with Gasteiger partial charge in [0.2, 0.25) is 0 Å². The fraction of sp³-hybridized carbons (Fsp3) is 0.226. The molecule has 1 N–H and O–H groups in total. The number of ether oxygens (including phenoxy) is 1. The lowest BCUT2D eigenvalue weighted by Gasteiger charge is -2.20. The highest BCUT2D eigenvalue weighted by molar-refractivity contribution is 7.20. The standard InChI is InChI=1S/C31H27ClFN5OS/c1-37-13-3-8-25(37)18-38-14-4-7-24(38)10-11-26-17-28-30(40-26)31(35-20-34-28)36-23-9-12-29(27(32)16-23)39-19-21-5-2-6-22(33)15-21/h2-3,5-6,8-9,12-13,15-17,20,24H,4,7,14,18-19H2,1H3,(H,34,35,36)/t24-/m1/s1. The Hall–Kier alpha value is -3.90. The van der Waals surface area contributed by atoms with E-state index < -0.39 is 0 Å². The topological polar surface area (TPSA) is 55.2 Å². The van der Waals surface area contributed by atoms with Gasteiger partial charge in [0, 0.05) is 31.2 Å². The van der Waals surface area contributed by atoms with Gasteiger partial charge in [0.25, 0.3) is 0 Å². The molecule has 1 aliphatic heterocycles. The number of fused-ring (bicyclic) bond motifs is 1. The van der Waals surface area contributed by atoms with Crippen molar-refractivity contribution < 1.29 is 9.13 Å². The van der Waals surface area contributed by atoms with Gasteiger partial charge in [0.05, 0.1) is 26.2 Å². The molecule has 0 aliphatic carbocycles. The minimum Gasteiger partial charge on any atom is -0.487 e. The SMILES string of the molecule is Cn1cccc1CN1CCC[C@@H]1C#Cc1cc2ncnc(Nc3ccc(OCc4cccc(F)c4)c(Cl)c3)c2s1. The lowest BCUT2D eigenvalue weighted by molar-refractivity contribution is 0.282. The van der Waals surface area contributed by atoms with Gasteiger partial charge < -0.3 is 14.6 Å². The van der Waals surface area contributed by atoms with Gasteiger partial charge in [-0.1, -0.05) is 35.6 Å². The fourth-order valence-corrected chi connectivity index (χ4v) is 5.98. The van der Waals surface area contributed by atoms with Crippen LogP contribution < -0.4 is 10.1 Å². The quantitative estimate of drug-likeness (QED) is 0.210. The minimum atomic E-state index is -0.297. The van der Waals surface area contributed by atoms with E-state index in [1.54, 1.807) is 41.9 Å². The maximum Gasteiger partial charge on any atom is 0.151 e. The fourth-order valence-electron chi connectivity index (χ4n) is 4.83. The summed E-state index contributed by atoms with van der Waals surface area (Å²) < 4.78 is 22.3. The molecule has 0 bridgehead atoms. The van der Waals surface area contributed by atoms with E-state index in [4.69, 9.17) is 16.3 Å². The van der Waals surface area contributed by atoms with Crippen molar-refractivity contribution in [1.82, 2.24) is 19.4 Å². The Bertz CT molecular complexity index is 1720. The zero-order chi connectivity index (χ0) is 27.5. The number of nitrogens with one attached hydrogen (secondary N) is 1. The molecule has 0 radical (unpaired) electrons. The Balaban J connectivity index is 1.15. The Kier molecular flexibility index (Phi) is 7.69. The number of thiophene rings is 1. The average molecular weight is 572 g/mol. The second-order valence-corrected chi connectivity index (χ2v) is 11.2. The predicted molar refractivity (Wildman–Crippen MR) is 159 cm³/mol. The first kappa shape index (κ1) is 26.3. The van der Waals surface area contributed by atoms with Crippen LogP contribution in [0.1, 0.15) is 29.0 Å². The van der Waals surface area contributed by atoms with Crippen LogP contribution in [0.15, 0.2) is 73.2 Å². The number of halogens is 2. The van der Waals surface area contributed by atoms with E-state index in [9.17, 15) is 4.39 Å². The third-order valence-corrected chi connectivity index (χ3v) is 8.27. The molecule has 2 aromatic carbocycles. The number of hydrogen-bond donors (Lipinski definition) is 1. The van der Waals surface area contributed by atoms with Crippen molar-refractivity contribution in [2.24, 2.45) is 7.05 Å². The third kappa shape index (κ3) is 5.97. The molecular weight excluding hydrogens is 545 g/mol. The molecule has 6 rings (SSSR count). The molecule has 5 aromatic rings. The van der Waals surface area contributed by atoms with Crippen LogP contribution in [0, 0.1) is 17.7 Å². The second kappa shape index (κ2) is 11.7. The maximum atomic E-state index is 13.4. The number of hydrogen-bond acceptors (Lipinski definition) is 6. The molecule has 0 amide bonds. The van der Waals surface area contributed by atoms with E-state index in [0.29, 0.717) is 16.6 Å². The summed E-state index contributed by atoms with van der Waals surface area (Å²) in [6.07, 6.45) is 5.87. The van der Waals surface area contributed by atoms with Crippen LogP contribution >= 0.6 is 22.9 Å². The highest BCUT2D eigenvalue weighted by Gasteiger charge is 2.23. The van der Waals surface area contributed by atoms with Crippen LogP contribution in [0.3, 0.4) is 0 Å². The van der Waals surface area contributed by atoms with E-state index in [1.807, 2.05) is 12.1 Å². The van der Waals surface area contributed by atoms with Gasteiger partial charge in [-0.25, -0.2) is 14.4 Å². The first-order valence-corrected chi connectivity index (χ1v) is 14.3. The predicted octanol–water partition coefficient (Wildman–Crippen LogP) is 7.16. The molecule has 9 heteroatoms. The van der Waals surface area contributed by atoms with Gasteiger partial charge in [-0.3, -0.25) is 4.90 Å². The number of aryl methyl sites for hydroxylation is 1. The van der Waals surface area contributed by atoms with E-state index in [1.165, 1.54) is 17.8 Å². The van der Waals surface area contributed by atoms with Crippen molar-refractivity contribution >= 4 is 44.7 Å². The molecule has 1 saturated heterocycles. The van der Waals surface area contributed by atoms with Crippen molar-refractivity contribution in [1.29, 1.82) is 0 Å². The van der Waals surface area contributed by atoms with E-state index in [2.05, 4.69) is 62.0 Å². The summed E-state index contributed by atoms with van der Waals surface area (Å²) in [4.78, 5) is 12.3. The molecule has 1 atom stereocenters. The molecule has 40 heavy (non-hydrogen) atoms. The normalized spacial score (nSPS) is 15.2. The van der Waals surface area contributed by atoms with Crippen LogP contribution in [-0.4, -0.2) is 32.0 Å². The van der Waals surface area contributed by atoms with Crippen LogP contribution in [-0.2, 0) is 20.2 Å². The number of aromatic nitrogens is 3. The van der Waals surface area contributed by atoms with Crippen molar-refractivity contribution in [3.63, 3.8) is 0 Å². The van der Waals surface area contributed by atoms with E-state index >= 15 is 0 Å². The van der Waals surface area contributed by atoms with E-state index in [0.717, 1.165) is 52.3 Å². The van der Waals surface area contributed by atoms with Gasteiger partial charge in [0.1, 0.15) is 24.5 Å². The van der Waals surface area contributed by atoms with Gasteiger partial charge in [-0.15, -0.1) is 11.3 Å². The molecule has 4 heterocycles. The number of rotatable bonds is 7. The molecule has 0 unspecified atom stereocenters. The zero-order valence-corrected chi connectivity index (χ0v) is 23.5. The lowest BCUT2D eigenvalue weighted by Crippen LogP contribution is -2.28.